The number of carbonyl (C=O) groups is 1. The van der Waals surface area contributed by atoms with Crippen molar-refractivity contribution in [3.05, 3.63) is 24.3 Å². The Labute approximate surface area is 357 Å². The minimum atomic E-state index is -0.705. The second-order valence-corrected chi connectivity index (χ2v) is 17.5. The largest absolute Gasteiger partial charge is 0.396 e. The molecule has 0 aliphatic carbocycles. The van der Waals surface area contributed by atoms with Crippen LogP contribution in [0.3, 0.4) is 0 Å². The van der Waals surface area contributed by atoms with E-state index in [1.807, 2.05) is 0 Å². The third-order valence-corrected chi connectivity index (χ3v) is 11.7. The molecular weight excluding hydrogens is 703 g/mol. The summed E-state index contributed by atoms with van der Waals surface area (Å²) in [4.78, 5) is 18.7. The summed E-state index contributed by atoms with van der Waals surface area (Å²) in [5.74, 6) is -0.179. The highest BCUT2D eigenvalue weighted by atomic mass is 16.7. The molecule has 0 aliphatic rings. The molecule has 5 nitrogen and oxygen atoms in total. The summed E-state index contributed by atoms with van der Waals surface area (Å²) in [6, 6.07) is 0. The normalized spacial score (nSPS) is 12.5. The maximum atomic E-state index is 12.9. The van der Waals surface area contributed by atoms with Gasteiger partial charge in [-0.2, -0.15) is 0 Å². The molecule has 338 valence electrons. The van der Waals surface area contributed by atoms with E-state index in [9.17, 15) is 9.90 Å². The predicted octanol–water partition coefficient (Wildman–Crippen LogP) is 16.6. The average molecular weight is 804 g/mol. The number of hydrogen-bond acceptors (Lipinski definition) is 5. The smallest absolute Gasteiger partial charge is 0.325 e. The molecule has 0 saturated carbocycles. The van der Waals surface area contributed by atoms with Gasteiger partial charge in [0.05, 0.1) is 0 Å². The Morgan fingerprint density at radius 1 is 0.439 bits per heavy atom. The Kier molecular flexibility index (Phi) is 48.2. The molecule has 0 spiro atoms. The first-order chi connectivity index (χ1) is 28.2. The van der Waals surface area contributed by atoms with Crippen LogP contribution in [0.25, 0.3) is 0 Å². The van der Waals surface area contributed by atoms with Crippen LogP contribution in [0.5, 0.6) is 0 Å². The molecule has 0 aromatic heterocycles. The maximum Gasteiger partial charge on any atom is 0.325 e. The SMILES string of the molecule is CCCCCCCC/C=C\CCCCCCCCN(OC(=O)CCCCCCC/C=C\CCCCCCCC)C(O)CCCCCCCCCCCCCCCO. The number of rotatable bonds is 48. The number of unbranched alkanes of at least 4 members (excludes halogenated alkanes) is 35. The van der Waals surface area contributed by atoms with Gasteiger partial charge in [0.15, 0.2) is 0 Å². The molecule has 0 aliphatic heterocycles. The summed E-state index contributed by atoms with van der Waals surface area (Å²) in [5.41, 5.74) is 0. The van der Waals surface area contributed by atoms with Gasteiger partial charge >= 0.3 is 5.97 Å². The monoisotopic (exact) mass is 804 g/mol. The van der Waals surface area contributed by atoms with E-state index >= 15 is 0 Å². The number of carbonyl (C=O) groups excluding carboxylic acids is 1. The first-order valence-electron chi connectivity index (χ1n) is 25.7. The Morgan fingerprint density at radius 2 is 0.754 bits per heavy atom. The van der Waals surface area contributed by atoms with Crippen molar-refractivity contribution in [3.8, 4) is 0 Å². The van der Waals surface area contributed by atoms with Crippen molar-refractivity contribution in [2.45, 2.75) is 290 Å². The minimum absolute atomic E-state index is 0.179. The molecule has 0 amide bonds. The van der Waals surface area contributed by atoms with Gasteiger partial charge in [-0.05, 0) is 83.5 Å². The Morgan fingerprint density at radius 3 is 1.14 bits per heavy atom. The van der Waals surface area contributed by atoms with E-state index in [0.717, 1.165) is 44.9 Å². The maximum absolute atomic E-state index is 12.9. The summed E-state index contributed by atoms with van der Waals surface area (Å²) in [5, 5.41) is 21.6. The molecule has 2 N–H and O–H groups in total. The van der Waals surface area contributed by atoms with Crippen molar-refractivity contribution in [1.82, 2.24) is 5.06 Å². The summed E-state index contributed by atoms with van der Waals surface area (Å²) in [7, 11) is 0. The van der Waals surface area contributed by atoms with Crippen LogP contribution in [-0.4, -0.2) is 40.6 Å². The van der Waals surface area contributed by atoms with E-state index in [2.05, 4.69) is 38.2 Å². The zero-order chi connectivity index (χ0) is 41.4. The highest BCUT2D eigenvalue weighted by molar-refractivity contribution is 5.68. The summed E-state index contributed by atoms with van der Waals surface area (Å²) in [6.45, 7) is 5.52. The first kappa shape index (κ1) is 55.8. The number of aliphatic hydroxyl groups excluding tert-OH is 2. The standard InChI is InChI=1S/C52H101NO4/c1-3-5-7-9-11-13-15-17-19-21-25-29-33-37-41-45-49-53(51(55)47-43-39-35-31-27-23-22-26-30-34-38-42-46-50-54)57-52(56)48-44-40-36-32-28-24-20-18-16-14-12-10-8-6-4-2/h17-20,51,54-55H,3-16,21-50H2,1-2H3/b19-17-,20-18-. The zero-order valence-corrected chi connectivity index (χ0v) is 38.7. The van der Waals surface area contributed by atoms with Gasteiger partial charge in [-0.1, -0.05) is 218 Å². The Bertz CT molecular complexity index is 829. The number of aliphatic hydroxyl groups is 2. The van der Waals surface area contributed by atoms with Crippen molar-refractivity contribution in [3.63, 3.8) is 0 Å². The number of nitrogens with zero attached hydrogens (tertiary/aromatic N) is 1. The van der Waals surface area contributed by atoms with Crippen LogP contribution in [0.2, 0.25) is 0 Å². The van der Waals surface area contributed by atoms with Crippen molar-refractivity contribution in [2.75, 3.05) is 13.2 Å². The van der Waals surface area contributed by atoms with Gasteiger partial charge in [-0.15, -0.1) is 5.06 Å². The van der Waals surface area contributed by atoms with E-state index in [-0.39, 0.29) is 5.97 Å². The van der Waals surface area contributed by atoms with Crippen molar-refractivity contribution >= 4 is 5.97 Å². The van der Waals surface area contributed by atoms with E-state index in [0.29, 0.717) is 26.0 Å². The fourth-order valence-corrected chi connectivity index (χ4v) is 7.81. The highest BCUT2D eigenvalue weighted by Gasteiger charge is 2.20. The van der Waals surface area contributed by atoms with Crippen molar-refractivity contribution in [2.24, 2.45) is 0 Å². The number of allylic oxidation sites excluding steroid dienone is 4. The fraction of sp³-hybridized carbons (Fsp3) is 0.904. The van der Waals surface area contributed by atoms with E-state index < -0.39 is 6.23 Å². The van der Waals surface area contributed by atoms with Crippen molar-refractivity contribution in [1.29, 1.82) is 0 Å². The third-order valence-electron chi connectivity index (χ3n) is 11.7. The molecule has 0 fully saturated rings. The van der Waals surface area contributed by atoms with E-state index in [1.54, 1.807) is 5.06 Å². The van der Waals surface area contributed by atoms with Gasteiger partial charge in [-0.25, -0.2) is 0 Å². The fourth-order valence-electron chi connectivity index (χ4n) is 7.81. The van der Waals surface area contributed by atoms with Crippen molar-refractivity contribution < 1.29 is 19.8 Å². The lowest BCUT2D eigenvalue weighted by Gasteiger charge is -2.26. The lowest BCUT2D eigenvalue weighted by Crippen LogP contribution is -2.38. The van der Waals surface area contributed by atoms with Gasteiger partial charge in [0.1, 0.15) is 6.23 Å². The highest BCUT2D eigenvalue weighted by Crippen LogP contribution is 2.17. The van der Waals surface area contributed by atoms with E-state index in [1.165, 1.54) is 212 Å². The molecule has 0 heterocycles. The molecule has 0 radical (unpaired) electrons. The molecule has 0 saturated heterocycles. The van der Waals surface area contributed by atoms with Crippen LogP contribution in [0, 0.1) is 0 Å². The summed E-state index contributed by atoms with van der Waals surface area (Å²) < 4.78 is 0. The number of hydrogen-bond donors (Lipinski definition) is 2. The van der Waals surface area contributed by atoms with Crippen LogP contribution in [-0.2, 0) is 9.63 Å². The third kappa shape index (κ3) is 45.8. The molecule has 1 unspecified atom stereocenters. The van der Waals surface area contributed by atoms with E-state index in [4.69, 9.17) is 9.94 Å². The zero-order valence-electron chi connectivity index (χ0n) is 38.7. The molecule has 0 aromatic rings. The van der Waals surface area contributed by atoms with Gasteiger partial charge in [0, 0.05) is 19.6 Å². The molecular formula is C52H101NO4. The molecule has 57 heavy (non-hydrogen) atoms. The number of hydroxylamine groups is 2. The van der Waals surface area contributed by atoms with Gasteiger partial charge < -0.3 is 15.1 Å². The van der Waals surface area contributed by atoms with Crippen LogP contribution in [0.15, 0.2) is 24.3 Å². The topological polar surface area (TPSA) is 70.0 Å². The minimum Gasteiger partial charge on any atom is -0.396 e. The Hall–Kier alpha value is -1.17. The lowest BCUT2D eigenvalue weighted by molar-refractivity contribution is -0.235. The van der Waals surface area contributed by atoms with Gasteiger partial charge in [-0.3, -0.25) is 4.79 Å². The van der Waals surface area contributed by atoms with Crippen LogP contribution in [0.4, 0.5) is 0 Å². The second kappa shape index (κ2) is 49.2. The first-order valence-corrected chi connectivity index (χ1v) is 25.7. The van der Waals surface area contributed by atoms with Gasteiger partial charge in [0.2, 0.25) is 0 Å². The van der Waals surface area contributed by atoms with Crippen LogP contribution >= 0.6 is 0 Å². The molecule has 1 atom stereocenters. The second-order valence-electron chi connectivity index (χ2n) is 17.5. The quantitative estimate of drug-likeness (QED) is 0.0277. The molecule has 0 aromatic carbocycles. The van der Waals surface area contributed by atoms with Gasteiger partial charge in [0.25, 0.3) is 0 Å². The molecule has 0 bridgehead atoms. The van der Waals surface area contributed by atoms with Crippen LogP contribution < -0.4 is 0 Å². The molecule has 0 rings (SSSR count). The summed E-state index contributed by atoms with van der Waals surface area (Å²) in [6.07, 6.45) is 59.8. The summed E-state index contributed by atoms with van der Waals surface area (Å²) >= 11 is 0. The predicted molar refractivity (Wildman–Crippen MR) is 249 cm³/mol. The lowest BCUT2D eigenvalue weighted by atomic mass is 10.0. The Balaban J connectivity index is 4.27. The van der Waals surface area contributed by atoms with Crippen LogP contribution in [0.1, 0.15) is 284 Å². The average Bonchev–Trinajstić information content (AvgIpc) is 3.21. The molecule has 5 heteroatoms.